The van der Waals surface area contributed by atoms with E-state index in [9.17, 15) is 13.2 Å². The van der Waals surface area contributed by atoms with Crippen LogP contribution in [0.25, 0.3) is 0 Å². The Labute approximate surface area is 138 Å². The number of carbonyl (C=O) groups is 1. The van der Waals surface area contributed by atoms with Gasteiger partial charge in [-0.25, -0.2) is 13.1 Å². The van der Waals surface area contributed by atoms with Gasteiger partial charge in [-0.2, -0.15) is 0 Å². The van der Waals surface area contributed by atoms with Crippen molar-refractivity contribution in [3.8, 4) is 0 Å². The summed E-state index contributed by atoms with van der Waals surface area (Å²) in [4.78, 5) is 11.7. The molecule has 0 radical (unpaired) electrons. The van der Waals surface area contributed by atoms with E-state index < -0.39 is 22.5 Å². The second-order valence-electron chi connectivity index (χ2n) is 4.31. The first-order valence-electron chi connectivity index (χ1n) is 6.18. The topological polar surface area (TPSA) is 75.3 Å². The molecule has 0 bridgehead atoms. The highest BCUT2D eigenvalue weighted by Gasteiger charge is 2.18. The molecule has 0 saturated carbocycles. The number of hydrogen-bond acceptors (Lipinski definition) is 3. The van der Waals surface area contributed by atoms with Crippen molar-refractivity contribution in [3.05, 3.63) is 58.6 Å². The Kier molecular flexibility index (Phi) is 5.42. The van der Waals surface area contributed by atoms with Crippen molar-refractivity contribution >= 4 is 44.8 Å². The summed E-state index contributed by atoms with van der Waals surface area (Å²) < 4.78 is 26.3. The van der Waals surface area contributed by atoms with Crippen molar-refractivity contribution in [1.82, 2.24) is 4.72 Å². The summed E-state index contributed by atoms with van der Waals surface area (Å²) in [6.07, 6.45) is 0. The minimum absolute atomic E-state index is 0.0766. The molecule has 0 fully saturated rings. The third kappa shape index (κ3) is 4.45. The summed E-state index contributed by atoms with van der Waals surface area (Å²) >= 11 is 11.6. The van der Waals surface area contributed by atoms with E-state index in [2.05, 4.69) is 10.0 Å². The lowest BCUT2D eigenvalue weighted by Gasteiger charge is -2.09. The van der Waals surface area contributed by atoms with E-state index in [0.717, 1.165) is 0 Å². The number of anilines is 1. The molecule has 8 heteroatoms. The molecule has 22 heavy (non-hydrogen) atoms. The number of sulfonamides is 1. The molecule has 5 nitrogen and oxygen atoms in total. The number of hydrogen-bond donors (Lipinski definition) is 2. The lowest BCUT2D eigenvalue weighted by molar-refractivity contribution is -0.115. The Morgan fingerprint density at radius 1 is 1.05 bits per heavy atom. The van der Waals surface area contributed by atoms with Gasteiger partial charge in [-0.1, -0.05) is 41.4 Å². The highest BCUT2D eigenvalue weighted by atomic mass is 35.5. The van der Waals surface area contributed by atoms with E-state index in [1.165, 1.54) is 12.1 Å². The molecule has 0 spiro atoms. The molecule has 0 aliphatic rings. The van der Waals surface area contributed by atoms with Crippen LogP contribution in [0.2, 0.25) is 10.0 Å². The second kappa shape index (κ2) is 7.11. The maximum Gasteiger partial charge on any atom is 0.242 e. The van der Waals surface area contributed by atoms with E-state index >= 15 is 0 Å². The molecule has 0 aromatic heterocycles. The first kappa shape index (κ1) is 16.8. The maximum absolute atomic E-state index is 12.1. The predicted molar refractivity (Wildman–Crippen MR) is 86.7 cm³/mol. The molecule has 2 rings (SSSR count). The fraction of sp³-hybridized carbons (Fsp3) is 0.0714. The van der Waals surface area contributed by atoms with Crippen LogP contribution >= 0.6 is 23.2 Å². The van der Waals surface area contributed by atoms with Crippen molar-refractivity contribution in [2.45, 2.75) is 4.90 Å². The fourth-order valence-electron chi connectivity index (χ4n) is 1.67. The van der Waals surface area contributed by atoms with E-state index in [4.69, 9.17) is 23.2 Å². The molecule has 2 aromatic carbocycles. The Hall–Kier alpha value is -1.60. The molecular weight excluding hydrogens is 347 g/mol. The van der Waals surface area contributed by atoms with E-state index in [1.54, 1.807) is 36.4 Å². The number of nitrogens with one attached hydrogen (secondary N) is 2. The summed E-state index contributed by atoms with van der Waals surface area (Å²) in [5, 5.41) is 3.09. The van der Waals surface area contributed by atoms with Gasteiger partial charge in [0.05, 0.1) is 11.6 Å². The Morgan fingerprint density at radius 3 is 2.45 bits per heavy atom. The Morgan fingerprint density at radius 2 is 1.77 bits per heavy atom. The van der Waals surface area contributed by atoms with Gasteiger partial charge in [-0.15, -0.1) is 0 Å². The minimum Gasteiger partial charge on any atom is -0.325 e. The van der Waals surface area contributed by atoms with Gasteiger partial charge >= 0.3 is 0 Å². The number of halogens is 2. The van der Waals surface area contributed by atoms with Crippen LogP contribution in [0.5, 0.6) is 0 Å². The fourth-order valence-corrected chi connectivity index (χ4v) is 3.36. The van der Waals surface area contributed by atoms with Gasteiger partial charge in [0.2, 0.25) is 15.9 Å². The quantitative estimate of drug-likeness (QED) is 0.862. The van der Waals surface area contributed by atoms with Gasteiger partial charge in [0.25, 0.3) is 0 Å². The maximum atomic E-state index is 12.1. The lowest BCUT2D eigenvalue weighted by atomic mass is 10.3. The van der Waals surface area contributed by atoms with Gasteiger partial charge in [0.15, 0.2) is 0 Å². The van der Waals surface area contributed by atoms with Gasteiger partial charge in [-0.05, 0) is 30.3 Å². The predicted octanol–water partition coefficient (Wildman–Crippen LogP) is 2.91. The molecule has 0 aliphatic heterocycles. The zero-order valence-corrected chi connectivity index (χ0v) is 13.5. The molecule has 2 aromatic rings. The summed E-state index contributed by atoms with van der Waals surface area (Å²) in [7, 11) is -3.86. The highest BCUT2D eigenvalue weighted by Crippen LogP contribution is 2.20. The molecule has 1 amide bonds. The summed E-state index contributed by atoms with van der Waals surface area (Å²) in [6.45, 7) is -0.417. The number of rotatable bonds is 5. The number of carbonyl (C=O) groups excluding carboxylic acids is 1. The van der Waals surface area contributed by atoms with E-state index in [-0.39, 0.29) is 9.92 Å². The minimum atomic E-state index is -3.86. The molecular formula is C14H12Cl2N2O3S. The normalized spacial score (nSPS) is 11.2. The molecule has 2 N–H and O–H groups in total. The zero-order valence-electron chi connectivity index (χ0n) is 11.2. The van der Waals surface area contributed by atoms with E-state index in [1.807, 2.05) is 0 Å². The Bertz CT molecular complexity index is 794. The van der Waals surface area contributed by atoms with E-state index in [0.29, 0.717) is 10.7 Å². The van der Waals surface area contributed by atoms with Crippen LogP contribution in [0, 0.1) is 0 Å². The number of amides is 1. The molecule has 0 unspecified atom stereocenters. The zero-order chi connectivity index (χ0) is 16.2. The summed E-state index contributed by atoms with van der Waals surface area (Å²) in [5.74, 6) is -0.516. The average Bonchev–Trinajstić information content (AvgIpc) is 2.45. The standard InChI is InChI=1S/C14H12Cl2N2O3S/c15-10-4-3-5-11(8-10)18-14(19)9-17-22(20,21)13-7-2-1-6-12(13)16/h1-8,17H,9H2,(H,18,19). The molecule has 116 valence electrons. The smallest absolute Gasteiger partial charge is 0.242 e. The van der Waals surface area contributed by atoms with Crippen LogP contribution in [-0.2, 0) is 14.8 Å². The van der Waals surface area contributed by atoms with Gasteiger partial charge in [-0.3, -0.25) is 4.79 Å². The monoisotopic (exact) mass is 358 g/mol. The van der Waals surface area contributed by atoms with Crippen LogP contribution in [0.4, 0.5) is 5.69 Å². The van der Waals surface area contributed by atoms with Crippen molar-refractivity contribution in [2.24, 2.45) is 0 Å². The molecule has 0 saturated heterocycles. The Balaban J connectivity index is 2.00. The lowest BCUT2D eigenvalue weighted by Crippen LogP contribution is -2.33. The van der Waals surface area contributed by atoms with Gasteiger partial charge in [0.1, 0.15) is 4.90 Å². The third-order valence-corrected chi connectivity index (χ3v) is 4.79. The van der Waals surface area contributed by atoms with Crippen molar-refractivity contribution in [2.75, 3.05) is 11.9 Å². The van der Waals surface area contributed by atoms with Crippen molar-refractivity contribution in [1.29, 1.82) is 0 Å². The van der Waals surface area contributed by atoms with Crippen LogP contribution in [-0.4, -0.2) is 20.9 Å². The van der Waals surface area contributed by atoms with Crippen LogP contribution < -0.4 is 10.0 Å². The number of benzene rings is 2. The summed E-state index contributed by atoms with van der Waals surface area (Å²) in [5.41, 5.74) is 0.481. The van der Waals surface area contributed by atoms with Gasteiger partial charge in [0, 0.05) is 10.7 Å². The molecule has 0 aliphatic carbocycles. The third-order valence-electron chi connectivity index (χ3n) is 2.66. The van der Waals surface area contributed by atoms with Crippen molar-refractivity contribution in [3.63, 3.8) is 0 Å². The summed E-state index contributed by atoms with van der Waals surface area (Å²) in [6, 6.07) is 12.5. The first-order chi connectivity index (χ1) is 10.4. The van der Waals surface area contributed by atoms with Gasteiger partial charge < -0.3 is 5.32 Å². The molecule has 0 heterocycles. The average molecular weight is 359 g/mol. The SMILES string of the molecule is O=C(CNS(=O)(=O)c1ccccc1Cl)Nc1cccc(Cl)c1. The molecule has 0 atom stereocenters. The second-order valence-corrected chi connectivity index (χ2v) is 6.89. The van der Waals surface area contributed by atoms with Crippen LogP contribution in [0.1, 0.15) is 0 Å². The van der Waals surface area contributed by atoms with Crippen LogP contribution in [0.3, 0.4) is 0 Å². The first-order valence-corrected chi connectivity index (χ1v) is 8.42. The largest absolute Gasteiger partial charge is 0.325 e. The van der Waals surface area contributed by atoms with Crippen molar-refractivity contribution < 1.29 is 13.2 Å². The van der Waals surface area contributed by atoms with Crippen LogP contribution in [0.15, 0.2) is 53.4 Å². The highest BCUT2D eigenvalue weighted by molar-refractivity contribution is 7.89.